The smallest absolute Gasteiger partial charge is 0.227 e. The van der Waals surface area contributed by atoms with E-state index in [1.807, 2.05) is 54.6 Å². The quantitative estimate of drug-likeness (QED) is 0.546. The van der Waals surface area contributed by atoms with Crippen molar-refractivity contribution in [1.29, 1.82) is 0 Å². The maximum Gasteiger partial charge on any atom is 0.227 e. The van der Waals surface area contributed by atoms with E-state index in [1.54, 1.807) is 25.2 Å². The number of nitrogens with zero attached hydrogens (tertiary/aromatic N) is 1. The van der Waals surface area contributed by atoms with Gasteiger partial charge in [0.2, 0.25) is 5.91 Å². The lowest BCUT2D eigenvalue weighted by molar-refractivity contribution is -0.133. The van der Waals surface area contributed by atoms with E-state index in [1.165, 1.54) is 0 Å². The lowest BCUT2D eigenvalue weighted by Gasteiger charge is -2.29. The number of ether oxygens (including phenoxy) is 2. The molecule has 1 atom stereocenters. The fourth-order valence-corrected chi connectivity index (χ4v) is 6.06. The van der Waals surface area contributed by atoms with E-state index in [9.17, 15) is 13.2 Å². The second kappa shape index (κ2) is 9.20. The van der Waals surface area contributed by atoms with Gasteiger partial charge in [0.25, 0.3) is 0 Å². The molecule has 1 heterocycles. The standard InChI is InChI=1S/C25H27NO5S/c1-30-23-11-10-18(14-24(23)31-2)16-26(21-12-13-32(28,29)17-21)25(27)15-20-8-5-7-19-6-3-4-9-22(19)20/h3-11,14,21H,12-13,15-17H2,1-2H3/t21-/m1/s1. The van der Waals surface area contributed by atoms with Crippen molar-refractivity contribution in [3.05, 3.63) is 71.8 Å². The van der Waals surface area contributed by atoms with Crippen LogP contribution in [0.5, 0.6) is 11.5 Å². The summed E-state index contributed by atoms with van der Waals surface area (Å²) < 4.78 is 35.0. The number of sulfone groups is 1. The Balaban J connectivity index is 1.64. The Morgan fingerprint density at radius 1 is 1.00 bits per heavy atom. The van der Waals surface area contributed by atoms with E-state index in [2.05, 4.69) is 0 Å². The molecule has 6 nitrogen and oxygen atoms in total. The van der Waals surface area contributed by atoms with Crippen molar-refractivity contribution in [3.63, 3.8) is 0 Å². The molecule has 0 spiro atoms. The Hall–Kier alpha value is -3.06. The Labute approximate surface area is 188 Å². The molecule has 0 aromatic heterocycles. The summed E-state index contributed by atoms with van der Waals surface area (Å²) in [6.07, 6.45) is 0.669. The van der Waals surface area contributed by atoms with Gasteiger partial charge in [-0.05, 0) is 40.5 Å². The molecule has 7 heteroatoms. The van der Waals surface area contributed by atoms with Crippen LogP contribution in [0, 0.1) is 0 Å². The van der Waals surface area contributed by atoms with Gasteiger partial charge in [-0.15, -0.1) is 0 Å². The topological polar surface area (TPSA) is 72.9 Å². The molecule has 1 amide bonds. The lowest BCUT2D eigenvalue weighted by atomic mass is 10.0. The van der Waals surface area contributed by atoms with Crippen LogP contribution < -0.4 is 9.47 Å². The van der Waals surface area contributed by atoms with Crippen molar-refractivity contribution in [2.45, 2.75) is 25.4 Å². The van der Waals surface area contributed by atoms with Gasteiger partial charge < -0.3 is 14.4 Å². The van der Waals surface area contributed by atoms with Crippen LogP contribution in [0.3, 0.4) is 0 Å². The summed E-state index contributed by atoms with van der Waals surface area (Å²) in [6, 6.07) is 19.1. The van der Waals surface area contributed by atoms with Crippen molar-refractivity contribution in [2.24, 2.45) is 0 Å². The van der Waals surface area contributed by atoms with Crippen LogP contribution in [0.15, 0.2) is 60.7 Å². The van der Waals surface area contributed by atoms with Gasteiger partial charge in [-0.1, -0.05) is 48.5 Å². The first-order chi connectivity index (χ1) is 15.4. The zero-order valence-corrected chi connectivity index (χ0v) is 19.1. The van der Waals surface area contributed by atoms with Gasteiger partial charge in [-0.2, -0.15) is 0 Å². The molecule has 0 aliphatic carbocycles. The van der Waals surface area contributed by atoms with E-state index in [4.69, 9.17) is 9.47 Å². The molecule has 1 aliphatic heterocycles. The van der Waals surface area contributed by atoms with E-state index >= 15 is 0 Å². The molecule has 0 N–H and O–H groups in total. The van der Waals surface area contributed by atoms with Gasteiger partial charge in [-0.25, -0.2) is 8.42 Å². The number of amides is 1. The molecular weight excluding hydrogens is 426 g/mol. The van der Waals surface area contributed by atoms with Crippen molar-refractivity contribution < 1.29 is 22.7 Å². The zero-order chi connectivity index (χ0) is 22.7. The van der Waals surface area contributed by atoms with Crippen LogP contribution in [0.4, 0.5) is 0 Å². The van der Waals surface area contributed by atoms with Gasteiger partial charge in [0.05, 0.1) is 32.1 Å². The van der Waals surface area contributed by atoms with Gasteiger partial charge in [-0.3, -0.25) is 4.79 Å². The monoisotopic (exact) mass is 453 g/mol. The number of hydrogen-bond donors (Lipinski definition) is 0. The second-order valence-corrected chi connectivity index (χ2v) is 10.3. The van der Waals surface area contributed by atoms with Gasteiger partial charge in [0, 0.05) is 12.6 Å². The molecule has 3 aromatic rings. The van der Waals surface area contributed by atoms with Crippen LogP contribution in [0.1, 0.15) is 17.5 Å². The van der Waals surface area contributed by atoms with Crippen LogP contribution in [-0.4, -0.2) is 51.0 Å². The molecule has 1 aliphatic rings. The van der Waals surface area contributed by atoms with Crippen LogP contribution >= 0.6 is 0 Å². The minimum absolute atomic E-state index is 0.00155. The van der Waals surface area contributed by atoms with E-state index < -0.39 is 9.84 Å². The molecular formula is C25H27NO5S. The average molecular weight is 454 g/mol. The highest BCUT2D eigenvalue weighted by molar-refractivity contribution is 7.91. The van der Waals surface area contributed by atoms with E-state index in [-0.39, 0.29) is 29.9 Å². The van der Waals surface area contributed by atoms with Crippen LogP contribution in [-0.2, 0) is 27.6 Å². The fourth-order valence-electron chi connectivity index (χ4n) is 4.33. The number of fused-ring (bicyclic) bond motifs is 1. The first-order valence-electron chi connectivity index (χ1n) is 10.6. The van der Waals surface area contributed by atoms with Crippen molar-refractivity contribution in [2.75, 3.05) is 25.7 Å². The van der Waals surface area contributed by atoms with E-state index in [0.717, 1.165) is 21.9 Å². The maximum absolute atomic E-state index is 13.5. The first kappa shape index (κ1) is 22.1. The molecule has 3 aromatic carbocycles. The van der Waals surface area contributed by atoms with Crippen molar-refractivity contribution >= 4 is 26.5 Å². The first-order valence-corrected chi connectivity index (χ1v) is 12.4. The Kier molecular flexibility index (Phi) is 6.37. The fraction of sp³-hybridized carbons (Fsp3) is 0.320. The average Bonchev–Trinajstić information content (AvgIpc) is 3.16. The predicted molar refractivity (Wildman–Crippen MR) is 125 cm³/mol. The molecule has 0 saturated carbocycles. The summed E-state index contributed by atoms with van der Waals surface area (Å²) in [6.45, 7) is 0.310. The number of carbonyl (C=O) groups excluding carboxylic acids is 1. The minimum Gasteiger partial charge on any atom is -0.493 e. The molecule has 1 fully saturated rings. The number of benzene rings is 3. The van der Waals surface area contributed by atoms with Gasteiger partial charge in [0.15, 0.2) is 21.3 Å². The zero-order valence-electron chi connectivity index (χ0n) is 18.3. The second-order valence-electron chi connectivity index (χ2n) is 8.08. The summed E-state index contributed by atoms with van der Waals surface area (Å²) in [5.41, 5.74) is 1.80. The molecule has 1 saturated heterocycles. The third-order valence-electron chi connectivity index (χ3n) is 5.99. The number of carbonyl (C=O) groups is 1. The summed E-state index contributed by atoms with van der Waals surface area (Å²) in [4.78, 5) is 15.2. The van der Waals surface area contributed by atoms with Crippen molar-refractivity contribution in [1.82, 2.24) is 4.90 Å². The molecule has 0 unspecified atom stereocenters. The lowest BCUT2D eigenvalue weighted by Crippen LogP contribution is -2.41. The van der Waals surface area contributed by atoms with E-state index in [0.29, 0.717) is 24.5 Å². The summed E-state index contributed by atoms with van der Waals surface area (Å²) in [5.74, 6) is 1.21. The molecule has 0 radical (unpaired) electrons. The highest BCUT2D eigenvalue weighted by Gasteiger charge is 2.34. The largest absolute Gasteiger partial charge is 0.493 e. The molecule has 0 bridgehead atoms. The normalized spacial score (nSPS) is 17.2. The highest BCUT2D eigenvalue weighted by Crippen LogP contribution is 2.30. The van der Waals surface area contributed by atoms with Crippen LogP contribution in [0.25, 0.3) is 10.8 Å². The minimum atomic E-state index is -3.14. The molecule has 168 valence electrons. The maximum atomic E-state index is 13.5. The number of hydrogen-bond acceptors (Lipinski definition) is 5. The predicted octanol–water partition coefficient (Wildman–Crippen LogP) is 3.62. The van der Waals surface area contributed by atoms with Crippen LogP contribution in [0.2, 0.25) is 0 Å². The Bertz CT molecular complexity index is 1230. The Morgan fingerprint density at radius 2 is 1.75 bits per heavy atom. The summed E-state index contributed by atoms with van der Waals surface area (Å²) >= 11 is 0. The van der Waals surface area contributed by atoms with Gasteiger partial charge in [0.1, 0.15) is 0 Å². The van der Waals surface area contributed by atoms with Crippen molar-refractivity contribution in [3.8, 4) is 11.5 Å². The van der Waals surface area contributed by atoms with Gasteiger partial charge >= 0.3 is 0 Å². The molecule has 32 heavy (non-hydrogen) atoms. The third kappa shape index (κ3) is 4.72. The summed E-state index contributed by atoms with van der Waals surface area (Å²) in [7, 11) is -0.00143. The SMILES string of the molecule is COc1ccc(CN(C(=O)Cc2cccc3ccccc23)[C@@H]2CCS(=O)(=O)C2)cc1OC. The number of rotatable bonds is 7. The third-order valence-corrected chi connectivity index (χ3v) is 7.74. The number of methoxy groups -OCH3 is 2. The summed E-state index contributed by atoms with van der Waals surface area (Å²) in [5, 5.41) is 2.11. The highest BCUT2D eigenvalue weighted by atomic mass is 32.2. The Morgan fingerprint density at radius 3 is 2.47 bits per heavy atom. The molecule has 4 rings (SSSR count).